The van der Waals surface area contributed by atoms with E-state index in [2.05, 4.69) is 26.0 Å². The van der Waals surface area contributed by atoms with Gasteiger partial charge in [0.25, 0.3) is 0 Å². The number of carbonyl (C=O) groups is 3. The highest BCUT2D eigenvalue weighted by Crippen LogP contribution is 2.48. The monoisotopic (exact) mass is 520 g/mol. The summed E-state index contributed by atoms with van der Waals surface area (Å²) < 4.78 is 11.4. The van der Waals surface area contributed by atoms with Crippen molar-refractivity contribution in [2.24, 2.45) is 5.41 Å². The SMILES string of the molecule is CC1(C)CC(N(C(=O)OCC2c3ccccc3-c3ccccc32)C2(C(=O)O)CN(C(=O)OC(C)(C)C)C2)C1. The predicted molar refractivity (Wildman–Crippen MR) is 142 cm³/mol. The average molecular weight is 521 g/mol. The summed E-state index contributed by atoms with van der Waals surface area (Å²) in [5.41, 5.74) is 2.16. The minimum Gasteiger partial charge on any atom is -0.479 e. The van der Waals surface area contributed by atoms with Crippen molar-refractivity contribution in [3.63, 3.8) is 0 Å². The van der Waals surface area contributed by atoms with Crippen LogP contribution in [0.25, 0.3) is 11.1 Å². The minimum atomic E-state index is -1.55. The third-order valence-corrected chi connectivity index (χ3v) is 7.89. The predicted octanol–water partition coefficient (Wildman–Crippen LogP) is 5.50. The molecule has 2 fully saturated rings. The third-order valence-electron chi connectivity index (χ3n) is 7.89. The van der Waals surface area contributed by atoms with Gasteiger partial charge in [-0.05, 0) is 61.3 Å². The normalized spacial score (nSPS) is 19.4. The van der Waals surface area contributed by atoms with Crippen molar-refractivity contribution >= 4 is 18.2 Å². The fourth-order valence-electron chi connectivity index (χ4n) is 6.17. The van der Waals surface area contributed by atoms with Gasteiger partial charge >= 0.3 is 18.2 Å². The molecule has 0 aromatic heterocycles. The van der Waals surface area contributed by atoms with E-state index in [1.54, 1.807) is 20.8 Å². The molecule has 0 bridgehead atoms. The number of likely N-dealkylation sites (tertiary alicyclic amines) is 1. The quantitative estimate of drug-likeness (QED) is 0.559. The van der Waals surface area contributed by atoms with Crippen LogP contribution in [0.5, 0.6) is 0 Å². The largest absolute Gasteiger partial charge is 0.479 e. The zero-order valence-corrected chi connectivity index (χ0v) is 22.7. The van der Waals surface area contributed by atoms with Crippen molar-refractivity contribution in [3.8, 4) is 11.1 Å². The van der Waals surface area contributed by atoms with E-state index in [0.717, 1.165) is 22.3 Å². The summed E-state index contributed by atoms with van der Waals surface area (Å²) in [5.74, 6) is -1.28. The molecule has 2 amide bonds. The van der Waals surface area contributed by atoms with Gasteiger partial charge in [0, 0.05) is 12.0 Å². The maximum Gasteiger partial charge on any atom is 0.411 e. The molecule has 2 aliphatic carbocycles. The first-order valence-electron chi connectivity index (χ1n) is 13.2. The van der Waals surface area contributed by atoms with Crippen molar-refractivity contribution < 1.29 is 29.0 Å². The summed E-state index contributed by atoms with van der Waals surface area (Å²) in [6.45, 7) is 9.29. The zero-order chi connectivity index (χ0) is 27.5. The molecule has 8 heteroatoms. The van der Waals surface area contributed by atoms with E-state index in [1.807, 2.05) is 36.4 Å². The van der Waals surface area contributed by atoms with Crippen molar-refractivity contribution in [2.75, 3.05) is 19.7 Å². The molecular weight excluding hydrogens is 484 g/mol. The smallest absolute Gasteiger partial charge is 0.411 e. The number of hydrogen-bond donors (Lipinski definition) is 1. The molecule has 5 rings (SSSR count). The number of rotatable bonds is 5. The number of carboxylic acids is 1. The Bertz CT molecular complexity index is 1220. The second-order valence-electron chi connectivity index (χ2n) is 12.6. The van der Waals surface area contributed by atoms with Gasteiger partial charge in [0.1, 0.15) is 12.2 Å². The van der Waals surface area contributed by atoms with E-state index in [9.17, 15) is 19.5 Å². The number of benzene rings is 2. The first kappa shape index (κ1) is 26.1. The van der Waals surface area contributed by atoms with Gasteiger partial charge in [0.15, 0.2) is 5.54 Å². The molecule has 8 nitrogen and oxygen atoms in total. The lowest BCUT2D eigenvalue weighted by molar-refractivity contribution is -0.170. The number of fused-ring (bicyclic) bond motifs is 3. The molecule has 202 valence electrons. The van der Waals surface area contributed by atoms with Crippen molar-refractivity contribution in [1.29, 1.82) is 0 Å². The topological polar surface area (TPSA) is 96.4 Å². The van der Waals surface area contributed by atoms with E-state index in [-0.39, 0.29) is 37.1 Å². The zero-order valence-electron chi connectivity index (χ0n) is 22.7. The molecule has 1 aliphatic heterocycles. The van der Waals surface area contributed by atoms with E-state index in [1.165, 1.54) is 9.80 Å². The molecule has 0 atom stereocenters. The van der Waals surface area contributed by atoms with Crippen LogP contribution >= 0.6 is 0 Å². The summed E-state index contributed by atoms with van der Waals surface area (Å²) in [7, 11) is 0. The molecule has 38 heavy (non-hydrogen) atoms. The van der Waals surface area contributed by atoms with Crippen molar-refractivity contribution in [1.82, 2.24) is 9.80 Å². The highest BCUT2D eigenvalue weighted by Gasteiger charge is 2.62. The van der Waals surface area contributed by atoms with Crippen LogP contribution in [0.2, 0.25) is 0 Å². The lowest BCUT2D eigenvalue weighted by Crippen LogP contribution is -2.78. The van der Waals surface area contributed by atoms with Gasteiger partial charge in [0.2, 0.25) is 0 Å². The highest BCUT2D eigenvalue weighted by atomic mass is 16.6. The number of hydrogen-bond acceptors (Lipinski definition) is 5. The second-order valence-corrected chi connectivity index (χ2v) is 12.6. The summed E-state index contributed by atoms with van der Waals surface area (Å²) >= 11 is 0. The first-order valence-corrected chi connectivity index (χ1v) is 13.2. The van der Waals surface area contributed by atoms with Crippen LogP contribution in [0.1, 0.15) is 64.5 Å². The maximum absolute atomic E-state index is 13.7. The van der Waals surface area contributed by atoms with Crippen LogP contribution in [-0.4, -0.2) is 69.9 Å². The standard InChI is InChI=1S/C30H36N2O6/c1-28(2,3)38-26(35)31-17-30(18-31,25(33)34)32(19-14-29(4,5)15-19)27(36)37-16-24-22-12-8-6-10-20(22)21-11-7-9-13-23(21)24/h6-13,19,24H,14-18H2,1-5H3,(H,33,34). The van der Waals surface area contributed by atoms with E-state index in [0.29, 0.717) is 12.8 Å². The van der Waals surface area contributed by atoms with Crippen LogP contribution in [0.3, 0.4) is 0 Å². The Morgan fingerprint density at radius 1 is 0.974 bits per heavy atom. The Morgan fingerprint density at radius 2 is 1.50 bits per heavy atom. The van der Waals surface area contributed by atoms with E-state index in [4.69, 9.17) is 9.47 Å². The fourth-order valence-corrected chi connectivity index (χ4v) is 6.17. The molecule has 2 aromatic rings. The minimum absolute atomic E-state index is 0.000816. The third kappa shape index (κ3) is 4.50. The summed E-state index contributed by atoms with van der Waals surface area (Å²) in [4.78, 5) is 41.7. The number of carbonyl (C=O) groups excluding carboxylic acids is 2. The van der Waals surface area contributed by atoms with Gasteiger partial charge in [-0.2, -0.15) is 0 Å². The van der Waals surface area contributed by atoms with Crippen LogP contribution in [0.4, 0.5) is 9.59 Å². The summed E-state index contributed by atoms with van der Waals surface area (Å²) in [6, 6.07) is 15.9. The Morgan fingerprint density at radius 3 is 1.97 bits per heavy atom. The lowest BCUT2D eigenvalue weighted by atomic mass is 9.66. The Kier molecular flexibility index (Phi) is 6.20. The van der Waals surface area contributed by atoms with E-state index >= 15 is 0 Å². The Balaban J connectivity index is 1.37. The molecule has 0 spiro atoms. The van der Waals surface area contributed by atoms with Gasteiger partial charge in [-0.15, -0.1) is 0 Å². The second kappa shape index (κ2) is 9.03. The highest BCUT2D eigenvalue weighted by molar-refractivity contribution is 5.89. The molecule has 2 aromatic carbocycles. The number of nitrogens with zero attached hydrogens (tertiary/aromatic N) is 2. The Labute approximate surface area is 223 Å². The molecule has 0 unspecified atom stereocenters. The number of carboxylic acid groups (broad SMARTS) is 1. The number of ether oxygens (including phenoxy) is 2. The average Bonchev–Trinajstić information content (AvgIpc) is 3.10. The maximum atomic E-state index is 13.7. The number of amides is 2. The molecule has 1 heterocycles. The van der Waals surface area contributed by atoms with Crippen LogP contribution in [0, 0.1) is 5.41 Å². The van der Waals surface area contributed by atoms with Crippen LogP contribution < -0.4 is 0 Å². The molecule has 1 N–H and O–H groups in total. The van der Waals surface area contributed by atoms with Gasteiger partial charge in [-0.1, -0.05) is 62.4 Å². The van der Waals surface area contributed by atoms with Gasteiger partial charge < -0.3 is 19.5 Å². The molecule has 3 aliphatic rings. The van der Waals surface area contributed by atoms with E-state index < -0.39 is 29.3 Å². The van der Waals surface area contributed by atoms with Crippen molar-refractivity contribution in [3.05, 3.63) is 59.7 Å². The van der Waals surface area contributed by atoms with Gasteiger partial charge in [-0.3, -0.25) is 4.90 Å². The van der Waals surface area contributed by atoms with Gasteiger partial charge in [0.05, 0.1) is 13.1 Å². The molecule has 0 radical (unpaired) electrons. The lowest BCUT2D eigenvalue weighted by Gasteiger charge is -2.58. The summed E-state index contributed by atoms with van der Waals surface area (Å²) in [6.07, 6.45) is 0.0894. The molecular formula is C30H36N2O6. The Hall–Kier alpha value is -3.55. The number of aliphatic carboxylic acids is 1. The summed E-state index contributed by atoms with van der Waals surface area (Å²) in [5, 5.41) is 10.3. The molecule has 1 saturated heterocycles. The molecule has 1 saturated carbocycles. The van der Waals surface area contributed by atoms with Crippen LogP contribution in [0.15, 0.2) is 48.5 Å². The van der Waals surface area contributed by atoms with Crippen molar-refractivity contribution in [2.45, 2.75) is 70.6 Å². The van der Waals surface area contributed by atoms with Gasteiger partial charge in [-0.25, -0.2) is 14.4 Å². The van der Waals surface area contributed by atoms with Crippen LogP contribution in [-0.2, 0) is 14.3 Å². The first-order chi connectivity index (χ1) is 17.8. The fraction of sp³-hybridized carbons (Fsp3) is 0.500.